The van der Waals surface area contributed by atoms with Crippen molar-refractivity contribution in [3.8, 4) is 0 Å². The third kappa shape index (κ3) is 1.68. The minimum atomic E-state index is -0.418. The van der Waals surface area contributed by atoms with Gasteiger partial charge in [-0.1, -0.05) is 11.6 Å². The van der Waals surface area contributed by atoms with Crippen LogP contribution < -0.4 is 0 Å². The van der Waals surface area contributed by atoms with Crippen LogP contribution in [0.2, 0.25) is 5.15 Å². The number of esters is 1. The standard InChI is InChI=1S/C10H9ClN2O2/c1-2-15-10(14)8-4-3-7-5-12-6-13(7)9(8)11/h3-6H,2H2,1H3. The van der Waals surface area contributed by atoms with Crippen molar-refractivity contribution in [1.82, 2.24) is 9.38 Å². The summed E-state index contributed by atoms with van der Waals surface area (Å²) in [5, 5.41) is 0.323. The average molecular weight is 225 g/mol. The summed E-state index contributed by atoms with van der Waals surface area (Å²) in [5.74, 6) is -0.418. The first kappa shape index (κ1) is 9.98. The fourth-order valence-electron chi connectivity index (χ4n) is 1.32. The van der Waals surface area contributed by atoms with Gasteiger partial charge in [-0.25, -0.2) is 9.78 Å². The third-order valence-electron chi connectivity index (χ3n) is 2.02. The Morgan fingerprint density at radius 1 is 1.60 bits per heavy atom. The van der Waals surface area contributed by atoms with E-state index < -0.39 is 5.97 Å². The maximum atomic E-state index is 11.5. The number of aromatic nitrogens is 2. The molecule has 2 heterocycles. The number of fused-ring (bicyclic) bond motifs is 1. The topological polar surface area (TPSA) is 43.6 Å². The first-order valence-corrected chi connectivity index (χ1v) is 4.89. The number of pyridine rings is 1. The lowest BCUT2D eigenvalue weighted by Gasteiger charge is -2.05. The van der Waals surface area contributed by atoms with Gasteiger partial charge in [0.15, 0.2) is 0 Å². The van der Waals surface area contributed by atoms with Crippen molar-refractivity contribution in [1.29, 1.82) is 0 Å². The van der Waals surface area contributed by atoms with Gasteiger partial charge in [0, 0.05) is 0 Å². The molecule has 0 aliphatic rings. The van der Waals surface area contributed by atoms with Crippen molar-refractivity contribution in [3.05, 3.63) is 35.4 Å². The molecule has 0 saturated heterocycles. The molecule has 2 aromatic heterocycles. The molecule has 78 valence electrons. The fraction of sp³-hybridized carbons (Fsp3) is 0.200. The number of hydrogen-bond acceptors (Lipinski definition) is 3. The molecular formula is C10H9ClN2O2. The van der Waals surface area contributed by atoms with Crippen molar-refractivity contribution in [2.75, 3.05) is 6.61 Å². The predicted octanol–water partition coefficient (Wildman–Crippen LogP) is 2.16. The molecule has 0 aromatic carbocycles. The van der Waals surface area contributed by atoms with Gasteiger partial charge in [0.25, 0.3) is 0 Å². The van der Waals surface area contributed by atoms with E-state index in [-0.39, 0.29) is 0 Å². The van der Waals surface area contributed by atoms with Crippen LogP contribution in [0.25, 0.3) is 5.52 Å². The number of halogens is 1. The molecule has 0 bridgehead atoms. The van der Waals surface area contributed by atoms with Crippen molar-refractivity contribution < 1.29 is 9.53 Å². The molecule has 0 unspecified atom stereocenters. The maximum Gasteiger partial charge on any atom is 0.341 e. The Kier molecular flexibility index (Phi) is 2.60. The molecule has 4 nitrogen and oxygen atoms in total. The number of nitrogens with zero attached hydrogens (tertiary/aromatic N) is 2. The molecule has 0 radical (unpaired) electrons. The highest BCUT2D eigenvalue weighted by atomic mass is 35.5. The molecule has 0 aliphatic carbocycles. The highest BCUT2D eigenvalue weighted by Gasteiger charge is 2.13. The second kappa shape index (κ2) is 3.90. The summed E-state index contributed by atoms with van der Waals surface area (Å²) < 4.78 is 6.51. The summed E-state index contributed by atoms with van der Waals surface area (Å²) in [6.45, 7) is 2.08. The Balaban J connectivity index is 2.52. The molecule has 2 aromatic rings. The molecule has 5 heteroatoms. The number of imidazole rings is 1. The lowest BCUT2D eigenvalue weighted by molar-refractivity contribution is 0.0526. The van der Waals surface area contributed by atoms with Gasteiger partial charge in [-0.2, -0.15) is 0 Å². The van der Waals surface area contributed by atoms with Crippen LogP contribution in [0.1, 0.15) is 17.3 Å². The largest absolute Gasteiger partial charge is 0.462 e. The van der Waals surface area contributed by atoms with Crippen LogP contribution in [0.5, 0.6) is 0 Å². The van der Waals surface area contributed by atoms with Gasteiger partial charge in [-0.3, -0.25) is 4.40 Å². The van der Waals surface area contributed by atoms with Crippen LogP contribution in [0.3, 0.4) is 0 Å². The molecule has 15 heavy (non-hydrogen) atoms. The van der Waals surface area contributed by atoms with Crippen molar-refractivity contribution in [2.24, 2.45) is 0 Å². The third-order valence-corrected chi connectivity index (χ3v) is 2.40. The number of rotatable bonds is 2. The molecule has 0 saturated carbocycles. The van der Waals surface area contributed by atoms with Crippen LogP contribution in [0, 0.1) is 0 Å². The Morgan fingerprint density at radius 3 is 3.13 bits per heavy atom. The number of ether oxygens (including phenoxy) is 1. The van der Waals surface area contributed by atoms with Crippen LogP contribution in [-0.2, 0) is 4.74 Å². The number of hydrogen-bond donors (Lipinski definition) is 0. The molecule has 0 aliphatic heterocycles. The van der Waals surface area contributed by atoms with E-state index in [4.69, 9.17) is 16.3 Å². The van der Waals surface area contributed by atoms with E-state index in [1.807, 2.05) is 0 Å². The summed E-state index contributed by atoms with van der Waals surface area (Å²) in [5.41, 5.74) is 1.19. The Morgan fingerprint density at radius 2 is 2.40 bits per heavy atom. The zero-order valence-corrected chi connectivity index (χ0v) is 8.86. The lowest BCUT2D eigenvalue weighted by atomic mass is 10.3. The van der Waals surface area contributed by atoms with E-state index >= 15 is 0 Å². The summed E-state index contributed by atoms with van der Waals surface area (Å²) in [4.78, 5) is 15.4. The van der Waals surface area contributed by atoms with Crippen LogP contribution >= 0.6 is 11.6 Å². The number of carbonyl (C=O) groups is 1. The van der Waals surface area contributed by atoms with Gasteiger partial charge in [-0.05, 0) is 19.1 Å². The lowest BCUT2D eigenvalue weighted by Crippen LogP contribution is -2.07. The molecule has 0 atom stereocenters. The maximum absolute atomic E-state index is 11.5. The molecule has 0 N–H and O–H groups in total. The van der Waals surface area contributed by atoms with Crippen molar-refractivity contribution in [3.63, 3.8) is 0 Å². The minimum Gasteiger partial charge on any atom is -0.462 e. The van der Waals surface area contributed by atoms with E-state index in [0.29, 0.717) is 17.3 Å². The second-order valence-electron chi connectivity index (χ2n) is 2.95. The van der Waals surface area contributed by atoms with E-state index in [1.54, 1.807) is 36.0 Å². The van der Waals surface area contributed by atoms with E-state index in [9.17, 15) is 4.79 Å². The number of carbonyl (C=O) groups excluding carboxylic acids is 1. The molecule has 0 spiro atoms. The van der Waals surface area contributed by atoms with E-state index in [1.165, 1.54) is 0 Å². The first-order chi connectivity index (χ1) is 7.24. The summed E-state index contributed by atoms with van der Waals surface area (Å²) in [6.07, 6.45) is 3.22. The average Bonchev–Trinajstić information content (AvgIpc) is 2.67. The normalized spacial score (nSPS) is 10.5. The van der Waals surface area contributed by atoms with Crippen LogP contribution in [0.4, 0.5) is 0 Å². The van der Waals surface area contributed by atoms with Gasteiger partial charge in [0.05, 0.1) is 23.9 Å². The second-order valence-corrected chi connectivity index (χ2v) is 3.30. The van der Waals surface area contributed by atoms with Crippen molar-refractivity contribution >= 4 is 23.1 Å². The van der Waals surface area contributed by atoms with Gasteiger partial charge in [0.1, 0.15) is 11.5 Å². The van der Waals surface area contributed by atoms with Crippen molar-refractivity contribution in [2.45, 2.75) is 6.92 Å². The van der Waals surface area contributed by atoms with Gasteiger partial charge in [-0.15, -0.1) is 0 Å². The summed E-state index contributed by atoms with van der Waals surface area (Å²) >= 11 is 6.04. The van der Waals surface area contributed by atoms with Gasteiger partial charge >= 0.3 is 5.97 Å². The molecule has 0 fully saturated rings. The van der Waals surface area contributed by atoms with E-state index in [2.05, 4.69) is 4.98 Å². The minimum absolute atomic E-state index is 0.323. The SMILES string of the molecule is CCOC(=O)c1ccc2cncn2c1Cl. The monoisotopic (exact) mass is 224 g/mol. The Hall–Kier alpha value is -1.55. The zero-order chi connectivity index (χ0) is 10.8. The Bertz CT molecular complexity index is 507. The van der Waals surface area contributed by atoms with E-state index in [0.717, 1.165) is 5.52 Å². The van der Waals surface area contributed by atoms with Gasteiger partial charge < -0.3 is 4.74 Å². The highest BCUT2D eigenvalue weighted by Crippen LogP contribution is 2.19. The smallest absolute Gasteiger partial charge is 0.341 e. The Labute approximate surface area is 91.4 Å². The molecule has 0 amide bonds. The molecular weight excluding hydrogens is 216 g/mol. The van der Waals surface area contributed by atoms with Crippen LogP contribution in [0.15, 0.2) is 24.7 Å². The zero-order valence-electron chi connectivity index (χ0n) is 8.11. The van der Waals surface area contributed by atoms with Gasteiger partial charge in [0.2, 0.25) is 0 Å². The highest BCUT2D eigenvalue weighted by molar-refractivity contribution is 6.32. The molecule has 2 rings (SSSR count). The summed E-state index contributed by atoms with van der Waals surface area (Å²) in [7, 11) is 0. The fourth-order valence-corrected chi connectivity index (χ4v) is 1.60. The summed E-state index contributed by atoms with van der Waals surface area (Å²) in [6, 6.07) is 3.41. The predicted molar refractivity (Wildman–Crippen MR) is 56.2 cm³/mol. The first-order valence-electron chi connectivity index (χ1n) is 4.51. The van der Waals surface area contributed by atoms with Crippen LogP contribution in [-0.4, -0.2) is 22.0 Å². The quantitative estimate of drug-likeness (QED) is 0.580.